The number of carboxylic acids is 1. The molecule has 5 nitrogen and oxygen atoms in total. The van der Waals surface area contributed by atoms with Gasteiger partial charge in [-0.25, -0.2) is 4.79 Å². The van der Waals surface area contributed by atoms with Crippen molar-refractivity contribution in [2.75, 3.05) is 7.11 Å². The predicted molar refractivity (Wildman–Crippen MR) is 52.5 cm³/mol. The monoisotopic (exact) mass is 253 g/mol. The molecule has 0 bridgehead atoms. The van der Waals surface area contributed by atoms with Gasteiger partial charge < -0.3 is 20.0 Å². The van der Waals surface area contributed by atoms with Crippen LogP contribution < -0.4 is 61.8 Å². The van der Waals surface area contributed by atoms with E-state index in [9.17, 15) is 14.7 Å². The van der Waals surface area contributed by atoms with Gasteiger partial charge >= 0.3 is 57.4 Å². The third-order valence-electron chi connectivity index (χ3n) is 1.84. The van der Waals surface area contributed by atoms with E-state index >= 15 is 0 Å². The van der Waals surface area contributed by atoms with Gasteiger partial charge in [0, 0.05) is 11.8 Å². The molecule has 86 valence electrons. The van der Waals surface area contributed by atoms with Crippen molar-refractivity contribution in [3.05, 3.63) is 11.8 Å². The molecule has 0 heterocycles. The van der Waals surface area contributed by atoms with Crippen LogP contribution in [0.15, 0.2) is 11.8 Å². The van der Waals surface area contributed by atoms with Gasteiger partial charge in [-0.15, -0.1) is 0 Å². The van der Waals surface area contributed by atoms with Gasteiger partial charge in [0.1, 0.15) is 0 Å². The number of carbonyl (C=O) groups is 2. The van der Waals surface area contributed by atoms with Crippen molar-refractivity contribution in [2.45, 2.75) is 26.8 Å². The first-order valence-electron chi connectivity index (χ1n) is 4.62. The van der Waals surface area contributed by atoms with E-state index in [4.69, 9.17) is 0 Å². The first-order valence-corrected chi connectivity index (χ1v) is 4.62. The van der Waals surface area contributed by atoms with Crippen LogP contribution in [0.3, 0.4) is 0 Å². The summed E-state index contributed by atoms with van der Waals surface area (Å²) in [5.41, 5.74) is 0.435. The maximum absolute atomic E-state index is 10.8. The molecule has 0 radical (unpaired) electrons. The molecule has 0 aliphatic rings. The van der Waals surface area contributed by atoms with Crippen molar-refractivity contribution in [1.29, 1.82) is 0 Å². The molecular formula is C10H16KNO4. The average Bonchev–Trinajstić information content (AvgIpc) is 2.12. The molecule has 0 amide bonds. The Bertz CT molecular complexity index is 276. The molecule has 16 heavy (non-hydrogen) atoms. The summed E-state index contributed by atoms with van der Waals surface area (Å²) in [6, 6.07) is -0.814. The van der Waals surface area contributed by atoms with Gasteiger partial charge in [0.05, 0.1) is 19.1 Å². The summed E-state index contributed by atoms with van der Waals surface area (Å²) in [4.78, 5) is 21.6. The minimum Gasteiger partial charge on any atom is -0.548 e. The first-order chi connectivity index (χ1) is 6.88. The summed E-state index contributed by atoms with van der Waals surface area (Å²) in [5, 5.41) is 13.4. The standard InChI is InChI=1S/C10H17NO4.K/c1-6(2)9(10(13)14)11-7(3)5-8(12)15-4;/h5-6,9,11H,1-4H3,(H,13,14);/q;+1/p-1/b7-5+;/t9-;/m1./s1. The Morgan fingerprint density at radius 1 is 1.38 bits per heavy atom. The Morgan fingerprint density at radius 3 is 2.19 bits per heavy atom. The largest absolute Gasteiger partial charge is 1.00 e. The Labute approximate surface area is 138 Å². The Balaban J connectivity index is 0. The third kappa shape index (κ3) is 7.40. The predicted octanol–water partition coefficient (Wildman–Crippen LogP) is -3.57. The minimum atomic E-state index is -1.19. The van der Waals surface area contributed by atoms with Crippen LogP contribution in [0.1, 0.15) is 20.8 Å². The molecule has 0 aliphatic carbocycles. The van der Waals surface area contributed by atoms with Crippen LogP contribution in [-0.4, -0.2) is 25.1 Å². The second kappa shape index (κ2) is 9.18. The number of allylic oxidation sites excluding steroid dienone is 1. The van der Waals surface area contributed by atoms with Crippen LogP contribution in [0.4, 0.5) is 0 Å². The molecular weight excluding hydrogens is 237 g/mol. The molecule has 0 saturated carbocycles. The fourth-order valence-electron chi connectivity index (χ4n) is 1.02. The van der Waals surface area contributed by atoms with Crippen LogP contribution in [-0.2, 0) is 14.3 Å². The van der Waals surface area contributed by atoms with E-state index in [0.717, 1.165) is 0 Å². The molecule has 0 rings (SSSR count). The zero-order valence-corrected chi connectivity index (χ0v) is 13.5. The fourth-order valence-corrected chi connectivity index (χ4v) is 1.02. The van der Waals surface area contributed by atoms with E-state index in [2.05, 4.69) is 10.1 Å². The maximum atomic E-state index is 10.8. The van der Waals surface area contributed by atoms with Crippen molar-refractivity contribution in [3.63, 3.8) is 0 Å². The van der Waals surface area contributed by atoms with E-state index in [1.165, 1.54) is 13.2 Å². The number of esters is 1. The third-order valence-corrected chi connectivity index (χ3v) is 1.84. The maximum Gasteiger partial charge on any atom is 1.00 e. The molecule has 1 N–H and O–H groups in total. The number of rotatable bonds is 5. The second-order valence-electron chi connectivity index (χ2n) is 3.54. The molecule has 0 aromatic heterocycles. The van der Waals surface area contributed by atoms with Crippen molar-refractivity contribution in [3.8, 4) is 0 Å². The summed E-state index contributed by atoms with van der Waals surface area (Å²) in [7, 11) is 1.25. The van der Waals surface area contributed by atoms with Crippen LogP contribution in [0, 0.1) is 5.92 Å². The van der Waals surface area contributed by atoms with Crippen molar-refractivity contribution >= 4 is 11.9 Å². The molecule has 0 unspecified atom stereocenters. The van der Waals surface area contributed by atoms with Gasteiger partial charge in [0.15, 0.2) is 0 Å². The van der Waals surface area contributed by atoms with Crippen LogP contribution in [0.2, 0.25) is 0 Å². The van der Waals surface area contributed by atoms with E-state index in [1.807, 2.05) is 0 Å². The van der Waals surface area contributed by atoms with Crippen molar-refractivity contribution in [1.82, 2.24) is 5.32 Å². The Kier molecular flexibility index (Phi) is 10.6. The number of hydrogen-bond acceptors (Lipinski definition) is 5. The molecule has 0 aromatic rings. The minimum absolute atomic E-state index is 0. The number of nitrogens with one attached hydrogen (secondary N) is 1. The van der Waals surface area contributed by atoms with Crippen LogP contribution in [0.5, 0.6) is 0 Å². The summed E-state index contributed by atoms with van der Waals surface area (Å²) >= 11 is 0. The zero-order chi connectivity index (χ0) is 12.0. The van der Waals surface area contributed by atoms with Gasteiger partial charge in [-0.2, -0.15) is 0 Å². The number of ether oxygens (including phenoxy) is 1. The quantitative estimate of drug-likeness (QED) is 0.311. The Hall–Kier alpha value is 0.116. The van der Waals surface area contributed by atoms with Gasteiger partial charge in [0.25, 0.3) is 0 Å². The summed E-state index contributed by atoms with van der Waals surface area (Å²) < 4.78 is 4.41. The average molecular weight is 253 g/mol. The number of hydrogen-bond donors (Lipinski definition) is 1. The van der Waals surface area contributed by atoms with Gasteiger partial charge in [-0.3, -0.25) is 0 Å². The van der Waals surface area contributed by atoms with Gasteiger partial charge in [-0.05, 0) is 12.8 Å². The molecule has 0 saturated heterocycles. The van der Waals surface area contributed by atoms with Crippen LogP contribution >= 0.6 is 0 Å². The van der Waals surface area contributed by atoms with E-state index < -0.39 is 18.0 Å². The smallest absolute Gasteiger partial charge is 0.548 e. The number of carbonyl (C=O) groups excluding carboxylic acids is 2. The normalized spacial score (nSPS) is 12.7. The van der Waals surface area contributed by atoms with E-state index in [1.54, 1.807) is 20.8 Å². The number of aliphatic carboxylic acids is 1. The summed E-state index contributed by atoms with van der Waals surface area (Å²) in [6.07, 6.45) is 1.19. The number of methoxy groups -OCH3 is 1. The summed E-state index contributed by atoms with van der Waals surface area (Å²) in [6.45, 7) is 5.09. The first kappa shape index (κ1) is 18.5. The molecule has 6 heteroatoms. The zero-order valence-electron chi connectivity index (χ0n) is 10.4. The SMILES string of the molecule is COC(=O)/C=C(\C)N[C@@H](C(=O)[O-])C(C)C.[K+]. The molecule has 0 aliphatic heterocycles. The number of carboxylic acid groups (broad SMARTS) is 1. The fraction of sp³-hybridized carbons (Fsp3) is 0.600. The molecule has 0 fully saturated rings. The van der Waals surface area contributed by atoms with Gasteiger partial charge in [0.2, 0.25) is 0 Å². The molecule has 1 atom stereocenters. The second-order valence-corrected chi connectivity index (χ2v) is 3.54. The summed E-state index contributed by atoms with van der Waals surface area (Å²) in [5.74, 6) is -1.85. The topological polar surface area (TPSA) is 78.5 Å². The van der Waals surface area contributed by atoms with E-state index in [-0.39, 0.29) is 57.3 Å². The van der Waals surface area contributed by atoms with Crippen LogP contribution in [0.25, 0.3) is 0 Å². The van der Waals surface area contributed by atoms with Gasteiger partial charge in [-0.1, -0.05) is 13.8 Å². The molecule has 0 aromatic carbocycles. The molecule has 0 spiro atoms. The van der Waals surface area contributed by atoms with Crippen molar-refractivity contribution < 1.29 is 70.8 Å². The van der Waals surface area contributed by atoms with Crippen molar-refractivity contribution in [2.24, 2.45) is 5.92 Å². The Morgan fingerprint density at radius 2 is 1.88 bits per heavy atom. The van der Waals surface area contributed by atoms with E-state index in [0.29, 0.717) is 5.70 Å².